The van der Waals surface area contributed by atoms with Gasteiger partial charge in [0.15, 0.2) is 0 Å². The van der Waals surface area contributed by atoms with Crippen LogP contribution in [0.1, 0.15) is 107 Å². The van der Waals surface area contributed by atoms with Crippen LogP contribution in [0.3, 0.4) is 0 Å². The van der Waals surface area contributed by atoms with Crippen molar-refractivity contribution in [1.29, 1.82) is 0 Å². The largest absolute Gasteiger partial charge is 0.396 e. The molecular formula is C24H56O4Ti. The Hall–Kier alpha value is 0.554. The van der Waals surface area contributed by atoms with Gasteiger partial charge >= 0.3 is 0 Å². The van der Waals surface area contributed by atoms with Gasteiger partial charge in [-0.3, -0.25) is 0 Å². The number of hydrogen-bond donors (Lipinski definition) is 4. The first-order valence-corrected chi connectivity index (χ1v) is 11.8. The zero-order valence-electron chi connectivity index (χ0n) is 21.1. The maximum absolute atomic E-state index is 8.53. The predicted octanol–water partition coefficient (Wildman–Crippen LogP) is 5.66. The summed E-state index contributed by atoms with van der Waals surface area (Å²) in [4.78, 5) is 0. The van der Waals surface area contributed by atoms with Crippen LogP contribution >= 0.6 is 0 Å². The van der Waals surface area contributed by atoms with Crippen molar-refractivity contribution in [2.24, 2.45) is 23.7 Å². The molecule has 0 spiro atoms. The summed E-state index contributed by atoms with van der Waals surface area (Å²) in [5.41, 5.74) is 0. The second-order valence-electron chi connectivity index (χ2n) is 7.46. The summed E-state index contributed by atoms with van der Waals surface area (Å²) in [5, 5.41) is 34.1. The molecule has 180 valence electrons. The molecule has 0 aliphatic rings. The first kappa shape index (κ1) is 40.0. The van der Waals surface area contributed by atoms with Crippen molar-refractivity contribution >= 4 is 0 Å². The minimum absolute atomic E-state index is 0. The molecule has 4 N–H and O–H groups in total. The third-order valence-electron chi connectivity index (χ3n) is 5.65. The van der Waals surface area contributed by atoms with Crippen LogP contribution in [0.4, 0.5) is 0 Å². The van der Waals surface area contributed by atoms with E-state index in [0.717, 1.165) is 51.4 Å². The Morgan fingerprint density at radius 3 is 0.448 bits per heavy atom. The molecule has 0 aromatic heterocycles. The molecule has 0 saturated heterocycles. The molecule has 0 aromatic carbocycles. The van der Waals surface area contributed by atoms with Gasteiger partial charge in [-0.05, 0) is 23.7 Å². The van der Waals surface area contributed by atoms with Gasteiger partial charge in [-0.15, -0.1) is 0 Å². The number of rotatable bonds is 12. The maximum atomic E-state index is 8.53. The Bertz CT molecular complexity index is 157. The summed E-state index contributed by atoms with van der Waals surface area (Å²) in [7, 11) is 0. The average molecular weight is 457 g/mol. The van der Waals surface area contributed by atoms with Crippen LogP contribution < -0.4 is 0 Å². The summed E-state index contributed by atoms with van der Waals surface area (Å²) in [6, 6.07) is 0. The zero-order valence-corrected chi connectivity index (χ0v) is 22.6. The topological polar surface area (TPSA) is 80.9 Å². The molecule has 0 rings (SSSR count). The van der Waals surface area contributed by atoms with E-state index < -0.39 is 0 Å². The molecule has 0 heterocycles. The van der Waals surface area contributed by atoms with Crippen molar-refractivity contribution < 1.29 is 42.1 Å². The van der Waals surface area contributed by atoms with Gasteiger partial charge in [-0.2, -0.15) is 0 Å². The van der Waals surface area contributed by atoms with E-state index in [4.69, 9.17) is 20.4 Å². The van der Waals surface area contributed by atoms with E-state index >= 15 is 0 Å². The summed E-state index contributed by atoms with van der Waals surface area (Å²) >= 11 is 0. The second kappa shape index (κ2) is 36.0. The Morgan fingerprint density at radius 1 is 0.345 bits per heavy atom. The minimum atomic E-state index is 0. The zero-order chi connectivity index (χ0) is 22.8. The van der Waals surface area contributed by atoms with Crippen LogP contribution in [0, 0.1) is 23.7 Å². The molecule has 0 fully saturated rings. The van der Waals surface area contributed by atoms with Gasteiger partial charge in [0, 0.05) is 48.1 Å². The SMILES string of the molecule is CCC(CC)CO.CCC(CC)CO.CCC(CC)CO.CCC(CC)CO.[Ti]. The van der Waals surface area contributed by atoms with E-state index in [1.165, 1.54) is 0 Å². The molecule has 0 aromatic rings. The molecule has 0 bridgehead atoms. The van der Waals surface area contributed by atoms with E-state index in [1.54, 1.807) is 0 Å². The molecule has 29 heavy (non-hydrogen) atoms. The van der Waals surface area contributed by atoms with Gasteiger partial charge in [0.25, 0.3) is 0 Å². The third kappa shape index (κ3) is 33.4. The maximum Gasteiger partial charge on any atom is 0.0459 e. The Kier molecular flexibility index (Phi) is 49.6. The molecule has 5 heteroatoms. The van der Waals surface area contributed by atoms with Crippen molar-refractivity contribution in [3.63, 3.8) is 0 Å². The molecule has 0 aliphatic heterocycles. The van der Waals surface area contributed by atoms with Crippen molar-refractivity contribution in [3.05, 3.63) is 0 Å². The third-order valence-corrected chi connectivity index (χ3v) is 5.65. The number of aliphatic hydroxyl groups is 4. The van der Waals surface area contributed by atoms with E-state index in [-0.39, 0.29) is 21.7 Å². The van der Waals surface area contributed by atoms with Gasteiger partial charge in [-0.25, -0.2) is 0 Å². The Labute approximate surface area is 198 Å². The first-order chi connectivity index (χ1) is 13.4. The van der Waals surface area contributed by atoms with E-state index in [2.05, 4.69) is 55.4 Å². The summed E-state index contributed by atoms with van der Waals surface area (Å²) in [5.74, 6) is 2.17. The van der Waals surface area contributed by atoms with Gasteiger partial charge in [0.2, 0.25) is 0 Å². The fourth-order valence-electron chi connectivity index (χ4n) is 2.19. The molecule has 4 nitrogen and oxygen atoms in total. The summed E-state index contributed by atoms with van der Waals surface area (Å²) in [6.45, 7) is 18.2. The molecule has 0 radical (unpaired) electrons. The first-order valence-electron chi connectivity index (χ1n) is 11.8. The van der Waals surface area contributed by atoms with E-state index in [9.17, 15) is 0 Å². The molecule has 0 amide bonds. The Morgan fingerprint density at radius 2 is 0.448 bits per heavy atom. The molecule has 0 atom stereocenters. The average Bonchev–Trinajstić information content (AvgIpc) is 2.75. The number of aliphatic hydroxyl groups excluding tert-OH is 4. The summed E-state index contributed by atoms with van der Waals surface area (Å²) in [6.07, 6.45) is 8.83. The predicted molar refractivity (Wildman–Crippen MR) is 125 cm³/mol. The van der Waals surface area contributed by atoms with Crippen LogP contribution in [-0.2, 0) is 21.7 Å². The van der Waals surface area contributed by atoms with Crippen molar-refractivity contribution in [2.75, 3.05) is 26.4 Å². The summed E-state index contributed by atoms with van der Waals surface area (Å²) < 4.78 is 0. The van der Waals surface area contributed by atoms with Crippen LogP contribution in [-0.4, -0.2) is 46.9 Å². The van der Waals surface area contributed by atoms with Crippen molar-refractivity contribution in [1.82, 2.24) is 0 Å². The number of hydrogen-bond acceptors (Lipinski definition) is 4. The molecule has 0 saturated carbocycles. The molecule has 0 aliphatic carbocycles. The fraction of sp³-hybridized carbons (Fsp3) is 1.00. The molecular weight excluding hydrogens is 400 g/mol. The van der Waals surface area contributed by atoms with Crippen LogP contribution in [0.15, 0.2) is 0 Å². The second-order valence-corrected chi connectivity index (χ2v) is 7.46. The van der Waals surface area contributed by atoms with E-state index in [0.29, 0.717) is 50.1 Å². The van der Waals surface area contributed by atoms with Crippen molar-refractivity contribution in [3.8, 4) is 0 Å². The minimum Gasteiger partial charge on any atom is -0.396 e. The smallest absolute Gasteiger partial charge is 0.0459 e. The standard InChI is InChI=1S/4C6H14O.Ti/c4*1-3-6(4-2)5-7;/h4*6-7H,3-5H2,1-2H3;. The normalized spacial score (nSPS) is 9.93. The molecule has 0 unspecified atom stereocenters. The van der Waals surface area contributed by atoms with E-state index in [1.807, 2.05) is 0 Å². The Balaban J connectivity index is -0.0000000873. The van der Waals surface area contributed by atoms with Gasteiger partial charge in [0.1, 0.15) is 0 Å². The van der Waals surface area contributed by atoms with Crippen molar-refractivity contribution in [2.45, 2.75) is 107 Å². The van der Waals surface area contributed by atoms with Gasteiger partial charge in [0.05, 0.1) is 0 Å². The van der Waals surface area contributed by atoms with Crippen LogP contribution in [0.5, 0.6) is 0 Å². The van der Waals surface area contributed by atoms with Gasteiger partial charge in [-0.1, -0.05) is 107 Å². The van der Waals surface area contributed by atoms with Crippen LogP contribution in [0.25, 0.3) is 0 Å². The van der Waals surface area contributed by atoms with Crippen LogP contribution in [0.2, 0.25) is 0 Å². The quantitative estimate of drug-likeness (QED) is 0.286. The fourth-order valence-corrected chi connectivity index (χ4v) is 2.19. The monoisotopic (exact) mass is 456 g/mol. The van der Waals surface area contributed by atoms with Gasteiger partial charge < -0.3 is 20.4 Å².